The Bertz CT molecular complexity index is 162. The molecule has 0 radical (unpaired) electrons. The van der Waals surface area contributed by atoms with Gasteiger partial charge in [0.25, 0.3) is 0 Å². The van der Waals surface area contributed by atoms with Crippen LogP contribution in [0.5, 0.6) is 0 Å². The lowest BCUT2D eigenvalue weighted by atomic mass is 9.85. The van der Waals surface area contributed by atoms with Gasteiger partial charge in [0.15, 0.2) is 0 Å². The molecular formula is C10H18Cl2Si. The summed E-state index contributed by atoms with van der Waals surface area (Å²) in [5, 5.41) is 0.329. The van der Waals surface area contributed by atoms with Gasteiger partial charge >= 0.3 is 0 Å². The summed E-state index contributed by atoms with van der Waals surface area (Å²) < 4.78 is 0. The van der Waals surface area contributed by atoms with Crippen LogP contribution in [0.4, 0.5) is 0 Å². The molecule has 0 aromatic rings. The summed E-state index contributed by atoms with van der Waals surface area (Å²) in [6, 6.07) is 0. The van der Waals surface area contributed by atoms with Crippen molar-refractivity contribution < 1.29 is 0 Å². The quantitative estimate of drug-likeness (QED) is 0.387. The van der Waals surface area contributed by atoms with Crippen LogP contribution in [0, 0.1) is 0 Å². The molecule has 1 aliphatic rings. The molecule has 1 saturated carbocycles. The molecule has 1 aliphatic carbocycles. The molecule has 1 fully saturated rings. The molecule has 0 aliphatic heterocycles. The van der Waals surface area contributed by atoms with E-state index in [2.05, 4.69) is 6.58 Å². The highest BCUT2D eigenvalue weighted by atomic mass is 35.7. The molecule has 0 amide bonds. The second-order valence-corrected chi connectivity index (χ2v) is 9.17. The maximum absolute atomic E-state index is 6.22. The van der Waals surface area contributed by atoms with Crippen molar-refractivity contribution in [2.24, 2.45) is 0 Å². The molecule has 1 rings (SSSR count). The summed E-state index contributed by atoms with van der Waals surface area (Å²) in [6.45, 7) is 3.76. The maximum atomic E-state index is 6.22. The van der Waals surface area contributed by atoms with Crippen LogP contribution in [0.2, 0.25) is 5.04 Å². The summed E-state index contributed by atoms with van der Waals surface area (Å²) in [5.74, 6) is 0. The topological polar surface area (TPSA) is 0 Å². The van der Waals surface area contributed by atoms with Crippen molar-refractivity contribution >= 4 is 29.6 Å². The Hall–Kier alpha value is 0.537. The van der Waals surface area contributed by atoms with E-state index in [0.29, 0.717) is 5.04 Å². The van der Waals surface area contributed by atoms with E-state index in [-0.39, 0.29) is 0 Å². The first-order valence-corrected chi connectivity index (χ1v) is 9.17. The van der Waals surface area contributed by atoms with Gasteiger partial charge in [-0.25, -0.2) is 0 Å². The number of hydrogen-bond donors (Lipinski definition) is 0. The Kier molecular flexibility index (Phi) is 4.85. The molecule has 0 spiro atoms. The highest BCUT2D eigenvalue weighted by molar-refractivity contribution is 7.35. The van der Waals surface area contributed by atoms with Gasteiger partial charge < -0.3 is 0 Å². The summed E-state index contributed by atoms with van der Waals surface area (Å²) >= 11 is 12.4. The fourth-order valence-corrected chi connectivity index (χ4v) is 5.42. The SMILES string of the molecule is C=CCCC1([SiH](Cl)Cl)CCCCC1. The zero-order valence-electron chi connectivity index (χ0n) is 8.07. The van der Waals surface area contributed by atoms with Gasteiger partial charge in [0.2, 0.25) is 7.42 Å². The standard InChI is InChI=1S/C10H18Cl2Si/c1-2-3-7-10(13(11)12)8-5-4-6-9-10/h2,13H,1,3-9H2. The average Bonchev–Trinajstić information content (AvgIpc) is 2.16. The molecule has 0 atom stereocenters. The van der Waals surface area contributed by atoms with E-state index in [9.17, 15) is 0 Å². The Morgan fingerprint density at radius 3 is 2.31 bits per heavy atom. The zero-order chi connectivity index (χ0) is 9.73. The highest BCUT2D eigenvalue weighted by Crippen LogP contribution is 2.51. The molecule has 76 valence electrons. The largest absolute Gasteiger partial charge is 0.243 e. The van der Waals surface area contributed by atoms with Crippen LogP contribution in [-0.2, 0) is 0 Å². The lowest BCUT2D eigenvalue weighted by molar-refractivity contribution is 0.358. The van der Waals surface area contributed by atoms with Crippen molar-refractivity contribution in [2.45, 2.75) is 50.0 Å². The summed E-state index contributed by atoms with van der Waals surface area (Å²) in [5.41, 5.74) is 0. The molecule has 0 unspecified atom stereocenters. The van der Waals surface area contributed by atoms with Gasteiger partial charge in [0.05, 0.1) is 0 Å². The Balaban J connectivity index is 2.55. The van der Waals surface area contributed by atoms with E-state index >= 15 is 0 Å². The van der Waals surface area contributed by atoms with Crippen molar-refractivity contribution in [1.29, 1.82) is 0 Å². The number of hydrogen-bond acceptors (Lipinski definition) is 0. The van der Waals surface area contributed by atoms with Crippen LogP contribution in [0.15, 0.2) is 12.7 Å². The van der Waals surface area contributed by atoms with Gasteiger partial charge in [-0.05, 0) is 30.7 Å². The van der Waals surface area contributed by atoms with Crippen LogP contribution in [0.1, 0.15) is 44.9 Å². The lowest BCUT2D eigenvalue weighted by Gasteiger charge is -2.37. The van der Waals surface area contributed by atoms with Gasteiger partial charge in [0, 0.05) is 0 Å². The third-order valence-electron chi connectivity index (χ3n) is 3.16. The van der Waals surface area contributed by atoms with E-state index in [0.717, 1.165) is 6.42 Å². The second kappa shape index (κ2) is 5.43. The number of rotatable bonds is 4. The summed E-state index contributed by atoms with van der Waals surface area (Å²) in [4.78, 5) is 0. The molecule has 0 nitrogen and oxygen atoms in total. The van der Waals surface area contributed by atoms with E-state index < -0.39 is 7.42 Å². The second-order valence-electron chi connectivity index (χ2n) is 4.05. The van der Waals surface area contributed by atoms with Crippen molar-refractivity contribution in [2.75, 3.05) is 0 Å². The molecule has 0 N–H and O–H groups in total. The molecule has 3 heteroatoms. The van der Waals surface area contributed by atoms with E-state index in [1.54, 1.807) is 0 Å². The van der Waals surface area contributed by atoms with Gasteiger partial charge in [-0.2, -0.15) is 0 Å². The van der Waals surface area contributed by atoms with Crippen molar-refractivity contribution in [3.8, 4) is 0 Å². The highest BCUT2D eigenvalue weighted by Gasteiger charge is 2.38. The van der Waals surface area contributed by atoms with Crippen LogP contribution in [-0.4, -0.2) is 7.42 Å². The van der Waals surface area contributed by atoms with Crippen LogP contribution < -0.4 is 0 Å². The number of allylic oxidation sites excluding steroid dienone is 1. The van der Waals surface area contributed by atoms with Gasteiger partial charge in [0.1, 0.15) is 0 Å². The van der Waals surface area contributed by atoms with Crippen molar-refractivity contribution in [1.82, 2.24) is 0 Å². The monoisotopic (exact) mass is 236 g/mol. The average molecular weight is 237 g/mol. The lowest BCUT2D eigenvalue weighted by Crippen LogP contribution is -2.26. The van der Waals surface area contributed by atoms with Crippen LogP contribution in [0.3, 0.4) is 0 Å². The molecule has 0 heterocycles. The number of halogens is 2. The first-order valence-electron chi connectivity index (χ1n) is 5.10. The first-order chi connectivity index (χ1) is 6.21. The van der Waals surface area contributed by atoms with Crippen LogP contribution >= 0.6 is 22.2 Å². The summed E-state index contributed by atoms with van der Waals surface area (Å²) in [7, 11) is -1.52. The normalized spacial score (nSPS) is 21.8. The molecule has 0 aromatic carbocycles. The fraction of sp³-hybridized carbons (Fsp3) is 0.800. The first kappa shape index (κ1) is 11.6. The minimum Gasteiger partial charge on any atom is -0.150 e. The Morgan fingerprint density at radius 1 is 1.23 bits per heavy atom. The van der Waals surface area contributed by atoms with Crippen LogP contribution in [0.25, 0.3) is 0 Å². The minimum absolute atomic E-state index is 0.329. The Morgan fingerprint density at radius 2 is 1.85 bits per heavy atom. The van der Waals surface area contributed by atoms with Gasteiger partial charge in [-0.15, -0.1) is 28.7 Å². The third-order valence-corrected chi connectivity index (χ3v) is 7.73. The van der Waals surface area contributed by atoms with E-state index in [1.807, 2.05) is 6.08 Å². The molecule has 0 bridgehead atoms. The minimum atomic E-state index is -1.52. The predicted octanol–water partition coefficient (Wildman–Crippen LogP) is 4.36. The Labute approximate surface area is 92.3 Å². The molecular weight excluding hydrogens is 219 g/mol. The molecule has 13 heavy (non-hydrogen) atoms. The van der Waals surface area contributed by atoms with Crippen molar-refractivity contribution in [3.05, 3.63) is 12.7 Å². The smallest absolute Gasteiger partial charge is 0.150 e. The molecule has 0 saturated heterocycles. The molecule has 0 aromatic heterocycles. The maximum Gasteiger partial charge on any atom is 0.243 e. The van der Waals surface area contributed by atoms with E-state index in [4.69, 9.17) is 22.2 Å². The van der Waals surface area contributed by atoms with Gasteiger partial charge in [-0.3, -0.25) is 0 Å². The van der Waals surface area contributed by atoms with Gasteiger partial charge in [-0.1, -0.05) is 25.3 Å². The van der Waals surface area contributed by atoms with E-state index in [1.165, 1.54) is 38.5 Å². The van der Waals surface area contributed by atoms with Crippen molar-refractivity contribution in [3.63, 3.8) is 0 Å². The zero-order valence-corrected chi connectivity index (χ0v) is 10.7. The third kappa shape index (κ3) is 3.00. The fourth-order valence-electron chi connectivity index (χ4n) is 2.22. The predicted molar refractivity (Wildman–Crippen MR) is 64.1 cm³/mol. The summed E-state index contributed by atoms with van der Waals surface area (Å²) in [6.07, 6.45) is 10.7.